The van der Waals surface area contributed by atoms with Gasteiger partial charge in [0, 0.05) is 5.69 Å². The number of ether oxygens (including phenoxy) is 1. The molecule has 1 aliphatic rings. The van der Waals surface area contributed by atoms with Crippen molar-refractivity contribution in [2.45, 2.75) is 30.7 Å². The van der Waals surface area contributed by atoms with Gasteiger partial charge in [-0.1, -0.05) is 12.5 Å². The van der Waals surface area contributed by atoms with E-state index in [0.717, 1.165) is 19.3 Å². The molecule has 1 aliphatic carbocycles. The van der Waals surface area contributed by atoms with Crippen LogP contribution in [-0.2, 0) is 30.9 Å². The third kappa shape index (κ3) is 5.18. The van der Waals surface area contributed by atoms with Gasteiger partial charge in [0.05, 0.1) is 23.6 Å². The van der Waals surface area contributed by atoms with Crippen molar-refractivity contribution in [3.63, 3.8) is 0 Å². The molecule has 0 aliphatic heterocycles. The zero-order valence-corrected chi connectivity index (χ0v) is 15.3. The van der Waals surface area contributed by atoms with E-state index in [4.69, 9.17) is 9.15 Å². The fourth-order valence-electron chi connectivity index (χ4n) is 2.50. The topological polar surface area (TPSA) is 115 Å². The molecule has 0 spiro atoms. The molecule has 3 rings (SSSR count). The maximum absolute atomic E-state index is 12.4. The predicted octanol–water partition coefficient (Wildman–Crippen LogP) is 2.04. The molecule has 2 aromatic rings. The first-order valence-electron chi connectivity index (χ1n) is 8.52. The highest BCUT2D eigenvalue weighted by Gasteiger charge is 2.27. The molecule has 1 amide bonds. The van der Waals surface area contributed by atoms with Gasteiger partial charge in [-0.25, -0.2) is 13.1 Å². The zero-order valence-electron chi connectivity index (χ0n) is 14.5. The molecule has 0 atom stereocenters. The number of esters is 1. The van der Waals surface area contributed by atoms with Crippen LogP contribution in [0.3, 0.4) is 0 Å². The second kappa shape index (κ2) is 8.36. The lowest BCUT2D eigenvalue weighted by molar-refractivity contribution is -0.154. The summed E-state index contributed by atoms with van der Waals surface area (Å²) in [6, 6.07) is 9.13. The molecular weight excluding hydrogens is 372 g/mol. The molecule has 1 aromatic carbocycles. The summed E-state index contributed by atoms with van der Waals surface area (Å²) in [5.74, 6) is -0.515. The lowest BCUT2D eigenvalue weighted by atomic mass is 9.86. The van der Waals surface area contributed by atoms with Crippen LogP contribution >= 0.6 is 0 Å². The summed E-state index contributed by atoms with van der Waals surface area (Å²) in [5, 5.41) is 2.53. The molecule has 9 heteroatoms. The molecule has 2 N–H and O–H groups in total. The molecule has 0 unspecified atom stereocenters. The average molecular weight is 392 g/mol. The van der Waals surface area contributed by atoms with Gasteiger partial charge in [-0.05, 0) is 43.2 Å². The number of amides is 1. The third-order valence-corrected chi connectivity index (χ3v) is 5.63. The summed E-state index contributed by atoms with van der Waals surface area (Å²) >= 11 is 0. The van der Waals surface area contributed by atoms with E-state index >= 15 is 0 Å². The molecule has 1 aromatic heterocycles. The highest BCUT2D eigenvalue weighted by Crippen LogP contribution is 2.27. The Labute approximate surface area is 156 Å². The van der Waals surface area contributed by atoms with Crippen LogP contribution < -0.4 is 10.0 Å². The number of carbonyl (C=O) groups is 2. The number of hydrogen-bond acceptors (Lipinski definition) is 6. The van der Waals surface area contributed by atoms with Crippen molar-refractivity contribution in [2.75, 3.05) is 11.9 Å². The minimum atomic E-state index is -3.77. The smallest absolute Gasteiger partial charge is 0.309 e. The summed E-state index contributed by atoms with van der Waals surface area (Å²) in [7, 11) is -3.77. The molecule has 0 radical (unpaired) electrons. The molecule has 27 heavy (non-hydrogen) atoms. The molecule has 1 saturated carbocycles. The lowest BCUT2D eigenvalue weighted by Gasteiger charge is -2.22. The number of carbonyl (C=O) groups excluding carboxylic acids is 2. The van der Waals surface area contributed by atoms with Gasteiger partial charge in [-0.3, -0.25) is 9.59 Å². The molecule has 0 bridgehead atoms. The van der Waals surface area contributed by atoms with Gasteiger partial charge in [-0.15, -0.1) is 0 Å². The predicted molar refractivity (Wildman–Crippen MR) is 96.1 cm³/mol. The first-order valence-corrected chi connectivity index (χ1v) is 10.0. The van der Waals surface area contributed by atoms with Gasteiger partial charge in [0.15, 0.2) is 6.61 Å². The molecular formula is C18H20N2O6S. The number of anilines is 1. The van der Waals surface area contributed by atoms with Crippen molar-refractivity contribution < 1.29 is 27.2 Å². The van der Waals surface area contributed by atoms with Crippen LogP contribution in [0.5, 0.6) is 0 Å². The summed E-state index contributed by atoms with van der Waals surface area (Å²) in [4.78, 5) is 23.6. The van der Waals surface area contributed by atoms with Gasteiger partial charge in [0.25, 0.3) is 5.91 Å². The van der Waals surface area contributed by atoms with Crippen LogP contribution in [-0.4, -0.2) is 26.9 Å². The van der Waals surface area contributed by atoms with Crippen LogP contribution in [0, 0.1) is 5.92 Å². The highest BCUT2D eigenvalue weighted by molar-refractivity contribution is 7.89. The largest absolute Gasteiger partial charge is 0.468 e. The van der Waals surface area contributed by atoms with Crippen LogP contribution in [0.4, 0.5) is 5.69 Å². The van der Waals surface area contributed by atoms with E-state index < -0.39 is 22.5 Å². The van der Waals surface area contributed by atoms with E-state index in [2.05, 4.69) is 10.0 Å². The van der Waals surface area contributed by atoms with Crippen molar-refractivity contribution in [2.24, 2.45) is 5.92 Å². The Morgan fingerprint density at radius 3 is 2.67 bits per heavy atom. The highest BCUT2D eigenvalue weighted by atomic mass is 32.2. The summed E-state index contributed by atoms with van der Waals surface area (Å²) in [6.45, 7) is -0.383. The maximum Gasteiger partial charge on any atom is 0.309 e. The second-order valence-corrected chi connectivity index (χ2v) is 7.98. The van der Waals surface area contributed by atoms with Crippen molar-refractivity contribution in [3.8, 4) is 0 Å². The van der Waals surface area contributed by atoms with Crippen LogP contribution in [0.2, 0.25) is 0 Å². The third-order valence-electron chi connectivity index (χ3n) is 4.23. The number of nitrogens with one attached hydrogen (secondary N) is 2. The summed E-state index contributed by atoms with van der Waals surface area (Å²) < 4.78 is 37.2. The van der Waals surface area contributed by atoms with E-state index in [0.29, 0.717) is 11.4 Å². The fourth-order valence-corrected chi connectivity index (χ4v) is 3.54. The van der Waals surface area contributed by atoms with Gasteiger partial charge in [0.2, 0.25) is 10.0 Å². The number of hydrogen-bond donors (Lipinski definition) is 2. The normalized spacial score (nSPS) is 14.4. The van der Waals surface area contributed by atoms with Gasteiger partial charge in [0.1, 0.15) is 5.76 Å². The monoisotopic (exact) mass is 392 g/mol. The van der Waals surface area contributed by atoms with Crippen molar-refractivity contribution >= 4 is 27.6 Å². The average Bonchev–Trinajstić information content (AvgIpc) is 3.11. The molecule has 1 heterocycles. The Morgan fingerprint density at radius 2 is 2.00 bits per heavy atom. The van der Waals surface area contributed by atoms with E-state index in [9.17, 15) is 18.0 Å². The van der Waals surface area contributed by atoms with Gasteiger partial charge >= 0.3 is 5.97 Å². The molecule has 8 nitrogen and oxygen atoms in total. The van der Waals surface area contributed by atoms with Crippen molar-refractivity contribution in [1.82, 2.24) is 4.72 Å². The standard InChI is InChI=1S/C18H20N2O6S/c21-17(12-26-18(22)13-4-1-5-13)20-14-6-2-8-16(10-14)27(23,24)19-11-15-7-3-9-25-15/h2-3,6-10,13,19H,1,4-5,11-12H2,(H,20,21). The zero-order chi connectivity index (χ0) is 19.3. The lowest BCUT2D eigenvalue weighted by Crippen LogP contribution is -2.28. The van der Waals surface area contributed by atoms with E-state index in [-0.39, 0.29) is 23.3 Å². The van der Waals surface area contributed by atoms with Gasteiger partial charge < -0.3 is 14.5 Å². The second-order valence-electron chi connectivity index (χ2n) is 6.22. The van der Waals surface area contributed by atoms with E-state index in [1.54, 1.807) is 18.2 Å². The number of rotatable bonds is 8. The van der Waals surface area contributed by atoms with Crippen molar-refractivity contribution in [1.29, 1.82) is 0 Å². The Hall–Kier alpha value is -2.65. The minimum absolute atomic E-state index is 0.00156. The summed E-state index contributed by atoms with van der Waals surface area (Å²) in [6.07, 6.45) is 4.05. The Morgan fingerprint density at radius 1 is 1.19 bits per heavy atom. The maximum atomic E-state index is 12.4. The molecule has 1 fully saturated rings. The quantitative estimate of drug-likeness (QED) is 0.665. The first kappa shape index (κ1) is 19.1. The minimum Gasteiger partial charge on any atom is -0.468 e. The number of furan rings is 1. The van der Waals surface area contributed by atoms with E-state index in [1.807, 2.05) is 0 Å². The molecule has 0 saturated heterocycles. The summed E-state index contributed by atoms with van der Waals surface area (Å²) in [5.41, 5.74) is 0.292. The van der Waals surface area contributed by atoms with Crippen LogP contribution in [0.25, 0.3) is 0 Å². The Kier molecular flexibility index (Phi) is 5.92. The van der Waals surface area contributed by atoms with Gasteiger partial charge in [-0.2, -0.15) is 0 Å². The number of sulfonamides is 1. The SMILES string of the molecule is O=C(COC(=O)C1CCC1)Nc1cccc(S(=O)(=O)NCc2ccco2)c1. The molecule has 144 valence electrons. The Balaban J connectivity index is 1.55. The van der Waals surface area contributed by atoms with Crippen LogP contribution in [0.15, 0.2) is 52.0 Å². The number of benzene rings is 1. The van der Waals surface area contributed by atoms with Crippen LogP contribution in [0.1, 0.15) is 25.0 Å². The van der Waals surface area contributed by atoms with Crippen molar-refractivity contribution in [3.05, 3.63) is 48.4 Å². The fraction of sp³-hybridized carbons (Fsp3) is 0.333. The Bertz CT molecular complexity index is 904. The van der Waals surface area contributed by atoms with E-state index in [1.165, 1.54) is 24.5 Å². The first-order chi connectivity index (χ1) is 12.9.